The Bertz CT molecular complexity index is 1060. The van der Waals surface area contributed by atoms with Crippen molar-refractivity contribution in [3.05, 3.63) is 74.6 Å². The van der Waals surface area contributed by atoms with Gasteiger partial charge >= 0.3 is 5.63 Å². The summed E-state index contributed by atoms with van der Waals surface area (Å²) in [6.45, 7) is 1.31. The van der Waals surface area contributed by atoms with Crippen LogP contribution in [0.3, 0.4) is 0 Å². The summed E-state index contributed by atoms with van der Waals surface area (Å²) in [4.78, 5) is 33.7. The zero-order chi connectivity index (χ0) is 18.7. The molecular weight excluding hydrogens is 340 g/mol. The van der Waals surface area contributed by atoms with E-state index in [0.717, 1.165) is 5.39 Å². The molecule has 0 aliphatic carbocycles. The molecule has 3 rings (SSSR count). The number of nitro benzene ring substituents is 1. The minimum atomic E-state index is -0.510. The number of nitro groups is 1. The highest BCUT2D eigenvalue weighted by atomic mass is 16.6. The molecule has 0 atom stereocenters. The molecule has 1 N–H and O–H groups in total. The lowest BCUT2D eigenvalue weighted by Crippen LogP contribution is -2.20. The summed E-state index contributed by atoms with van der Waals surface area (Å²) in [6, 6.07) is 12.2. The van der Waals surface area contributed by atoms with Crippen LogP contribution in [0.1, 0.15) is 5.56 Å². The van der Waals surface area contributed by atoms with Crippen molar-refractivity contribution < 1.29 is 18.9 Å². The fraction of sp³-hybridized carbons (Fsp3) is 0.111. The number of nitrogens with one attached hydrogen (secondary N) is 1. The summed E-state index contributed by atoms with van der Waals surface area (Å²) < 4.78 is 10.4. The summed E-state index contributed by atoms with van der Waals surface area (Å²) in [5, 5.41) is 14.2. The highest BCUT2D eigenvalue weighted by molar-refractivity contribution is 5.92. The number of benzene rings is 2. The topological polar surface area (TPSA) is 112 Å². The standard InChI is InChI=1S/C18H14N2O6/c1-11-2-5-13(8-15(11)20(23)24)19-17(21)10-25-14-6-3-12-4-7-18(22)26-16(12)9-14/h2-9H,10H2,1H3,(H,19,21). The second-order valence-corrected chi connectivity index (χ2v) is 5.55. The van der Waals surface area contributed by atoms with Crippen LogP contribution >= 0.6 is 0 Å². The Labute approximate surface area is 147 Å². The number of rotatable bonds is 5. The van der Waals surface area contributed by atoms with Gasteiger partial charge in [-0.1, -0.05) is 6.07 Å². The SMILES string of the molecule is Cc1ccc(NC(=O)COc2ccc3ccc(=O)oc3c2)cc1[N+](=O)[O-]. The van der Waals surface area contributed by atoms with Gasteiger partial charge in [0.1, 0.15) is 11.3 Å². The third-order valence-corrected chi connectivity index (χ3v) is 3.65. The molecule has 3 aromatic rings. The van der Waals surface area contributed by atoms with E-state index in [1.807, 2.05) is 0 Å². The van der Waals surface area contributed by atoms with Crippen molar-refractivity contribution in [2.45, 2.75) is 6.92 Å². The van der Waals surface area contributed by atoms with Crippen LogP contribution in [0.2, 0.25) is 0 Å². The average molecular weight is 354 g/mol. The van der Waals surface area contributed by atoms with Crippen molar-refractivity contribution in [3.63, 3.8) is 0 Å². The highest BCUT2D eigenvalue weighted by Crippen LogP contribution is 2.22. The molecular formula is C18H14N2O6. The van der Waals surface area contributed by atoms with Crippen LogP contribution in [0.4, 0.5) is 11.4 Å². The number of carbonyl (C=O) groups excluding carboxylic acids is 1. The largest absolute Gasteiger partial charge is 0.484 e. The minimum absolute atomic E-state index is 0.0757. The second-order valence-electron chi connectivity index (χ2n) is 5.55. The Hall–Kier alpha value is -3.68. The number of carbonyl (C=O) groups is 1. The summed E-state index contributed by atoms with van der Waals surface area (Å²) in [6.07, 6.45) is 0. The lowest BCUT2D eigenvalue weighted by Gasteiger charge is -2.08. The maximum atomic E-state index is 12.0. The van der Waals surface area contributed by atoms with Crippen LogP contribution in [-0.4, -0.2) is 17.4 Å². The molecule has 132 valence electrons. The first kappa shape index (κ1) is 17.2. The number of aryl methyl sites for hydroxylation is 1. The van der Waals surface area contributed by atoms with Crippen molar-refractivity contribution in [3.8, 4) is 5.75 Å². The zero-order valence-corrected chi connectivity index (χ0v) is 13.7. The van der Waals surface area contributed by atoms with E-state index in [-0.39, 0.29) is 12.3 Å². The monoisotopic (exact) mass is 354 g/mol. The Morgan fingerprint density at radius 3 is 2.73 bits per heavy atom. The number of hydrogen-bond donors (Lipinski definition) is 1. The molecule has 0 saturated heterocycles. The van der Waals surface area contributed by atoms with Gasteiger partial charge in [0.05, 0.1) is 4.92 Å². The quantitative estimate of drug-likeness (QED) is 0.428. The van der Waals surface area contributed by atoms with Crippen LogP contribution in [0.15, 0.2) is 57.7 Å². The lowest BCUT2D eigenvalue weighted by molar-refractivity contribution is -0.385. The highest BCUT2D eigenvalue weighted by Gasteiger charge is 2.12. The van der Waals surface area contributed by atoms with E-state index >= 15 is 0 Å². The number of amides is 1. The van der Waals surface area contributed by atoms with E-state index in [1.54, 1.807) is 37.3 Å². The molecule has 0 fully saturated rings. The van der Waals surface area contributed by atoms with Gasteiger partial charge in [0.15, 0.2) is 6.61 Å². The number of hydrogen-bond acceptors (Lipinski definition) is 6. The maximum Gasteiger partial charge on any atom is 0.336 e. The molecule has 0 aliphatic rings. The predicted octanol–water partition coefficient (Wildman–Crippen LogP) is 3.03. The molecule has 1 aromatic heterocycles. The van der Waals surface area contributed by atoms with Crippen molar-refractivity contribution >= 4 is 28.3 Å². The van der Waals surface area contributed by atoms with Crippen molar-refractivity contribution in [1.29, 1.82) is 0 Å². The van der Waals surface area contributed by atoms with E-state index in [1.165, 1.54) is 18.2 Å². The first-order valence-corrected chi connectivity index (χ1v) is 7.64. The molecule has 0 spiro atoms. The van der Waals surface area contributed by atoms with Gasteiger partial charge in [-0.3, -0.25) is 14.9 Å². The summed E-state index contributed by atoms with van der Waals surface area (Å²) in [7, 11) is 0. The third-order valence-electron chi connectivity index (χ3n) is 3.65. The average Bonchev–Trinajstić information content (AvgIpc) is 2.61. The lowest BCUT2D eigenvalue weighted by atomic mass is 10.2. The second kappa shape index (κ2) is 7.06. The molecule has 1 amide bonds. The van der Waals surface area contributed by atoms with Gasteiger partial charge in [-0.2, -0.15) is 0 Å². The van der Waals surface area contributed by atoms with Gasteiger partial charge in [-0.25, -0.2) is 4.79 Å². The predicted molar refractivity (Wildman–Crippen MR) is 94.4 cm³/mol. The summed E-state index contributed by atoms with van der Waals surface area (Å²) in [5.41, 5.74) is 0.605. The van der Waals surface area contributed by atoms with Crippen LogP contribution in [-0.2, 0) is 4.79 Å². The fourth-order valence-electron chi connectivity index (χ4n) is 2.36. The van der Waals surface area contributed by atoms with Gasteiger partial charge in [0, 0.05) is 34.8 Å². The Morgan fingerprint density at radius 2 is 1.96 bits per heavy atom. The minimum Gasteiger partial charge on any atom is -0.484 e. The van der Waals surface area contributed by atoms with Crippen molar-refractivity contribution in [2.75, 3.05) is 11.9 Å². The summed E-state index contributed by atoms with van der Waals surface area (Å²) >= 11 is 0. The van der Waals surface area contributed by atoms with E-state index < -0.39 is 16.5 Å². The number of anilines is 1. The van der Waals surface area contributed by atoms with E-state index in [9.17, 15) is 19.7 Å². The summed E-state index contributed by atoms with van der Waals surface area (Å²) in [5.74, 6) is -0.116. The maximum absolute atomic E-state index is 12.0. The van der Waals surface area contributed by atoms with Gasteiger partial charge in [0.2, 0.25) is 0 Å². The molecule has 8 heteroatoms. The first-order chi connectivity index (χ1) is 12.4. The third kappa shape index (κ3) is 3.86. The van der Waals surface area contributed by atoms with Crippen molar-refractivity contribution in [1.82, 2.24) is 0 Å². The molecule has 26 heavy (non-hydrogen) atoms. The van der Waals surface area contributed by atoms with E-state index in [0.29, 0.717) is 22.6 Å². The molecule has 0 radical (unpaired) electrons. The first-order valence-electron chi connectivity index (χ1n) is 7.64. The van der Waals surface area contributed by atoms with Crippen molar-refractivity contribution in [2.24, 2.45) is 0 Å². The van der Waals surface area contributed by atoms with Gasteiger partial charge in [-0.05, 0) is 31.2 Å². The molecule has 0 bridgehead atoms. The van der Waals surface area contributed by atoms with E-state index in [4.69, 9.17) is 9.15 Å². The zero-order valence-electron chi connectivity index (χ0n) is 13.7. The number of ether oxygens (including phenoxy) is 1. The van der Waals surface area contributed by atoms with Crippen LogP contribution in [0, 0.1) is 17.0 Å². The number of nitrogens with zero attached hydrogens (tertiary/aromatic N) is 1. The fourth-order valence-corrected chi connectivity index (χ4v) is 2.36. The molecule has 8 nitrogen and oxygen atoms in total. The molecule has 1 heterocycles. The van der Waals surface area contributed by atoms with Crippen LogP contribution in [0.25, 0.3) is 11.0 Å². The van der Waals surface area contributed by atoms with Gasteiger partial charge in [0.25, 0.3) is 11.6 Å². The number of fused-ring (bicyclic) bond motifs is 1. The molecule has 0 unspecified atom stereocenters. The Kier molecular flexibility index (Phi) is 4.66. The Balaban J connectivity index is 1.66. The molecule has 2 aromatic carbocycles. The smallest absolute Gasteiger partial charge is 0.336 e. The molecule has 0 aliphatic heterocycles. The van der Waals surface area contributed by atoms with Gasteiger partial charge in [-0.15, -0.1) is 0 Å². The normalized spacial score (nSPS) is 10.5. The van der Waals surface area contributed by atoms with Gasteiger partial charge < -0.3 is 14.5 Å². The van der Waals surface area contributed by atoms with Crippen LogP contribution < -0.4 is 15.7 Å². The van der Waals surface area contributed by atoms with E-state index in [2.05, 4.69) is 5.32 Å². The molecule has 0 saturated carbocycles. The van der Waals surface area contributed by atoms with Crippen LogP contribution in [0.5, 0.6) is 5.75 Å². The Morgan fingerprint density at radius 1 is 1.19 bits per heavy atom.